The number of amides is 2. The van der Waals surface area contributed by atoms with Crippen molar-refractivity contribution in [1.82, 2.24) is 10.2 Å². The summed E-state index contributed by atoms with van der Waals surface area (Å²) in [6.07, 6.45) is 0.977. The van der Waals surface area contributed by atoms with Crippen molar-refractivity contribution in [3.63, 3.8) is 0 Å². The number of nitrogens with zero attached hydrogens (tertiary/aromatic N) is 2. The highest BCUT2D eigenvalue weighted by Gasteiger charge is 2.35. The average Bonchev–Trinajstić information content (AvgIpc) is 3.06. The Bertz CT molecular complexity index is 1660. The molecule has 1 N–H and O–H groups in total. The van der Waals surface area contributed by atoms with E-state index in [2.05, 4.69) is 5.32 Å². The lowest BCUT2D eigenvalue weighted by Gasteiger charge is -2.34. The number of benzene rings is 4. The van der Waals surface area contributed by atoms with Gasteiger partial charge in [-0.25, -0.2) is 8.42 Å². The summed E-state index contributed by atoms with van der Waals surface area (Å²) in [5.41, 5.74) is 3.02. The van der Waals surface area contributed by atoms with Crippen LogP contribution < -0.4 is 14.4 Å². The number of rotatable bonds is 14. The fourth-order valence-electron chi connectivity index (χ4n) is 5.00. The van der Waals surface area contributed by atoms with Gasteiger partial charge in [-0.05, 0) is 67.8 Å². The van der Waals surface area contributed by atoms with Crippen molar-refractivity contribution in [2.45, 2.75) is 57.1 Å². The SMILES string of the molecule is CC[C@H](C)NC(=O)[C@H](Cc1ccccc1)N(Cc1cccc(C)c1)C(=O)CN(c1ccc(OC)cc1)S(=O)(=O)c1ccccc1. The number of carbonyl (C=O) groups excluding carboxylic acids is 2. The van der Waals surface area contributed by atoms with Crippen molar-refractivity contribution in [3.8, 4) is 5.75 Å². The summed E-state index contributed by atoms with van der Waals surface area (Å²) in [6, 6.07) is 30.8. The Balaban J connectivity index is 1.80. The minimum atomic E-state index is -4.17. The molecule has 0 saturated carbocycles. The third kappa shape index (κ3) is 8.73. The Morgan fingerprint density at radius 3 is 2.07 bits per heavy atom. The molecule has 0 bridgehead atoms. The predicted molar refractivity (Wildman–Crippen MR) is 178 cm³/mol. The molecule has 8 nitrogen and oxygen atoms in total. The summed E-state index contributed by atoms with van der Waals surface area (Å²) in [5.74, 6) is -0.254. The van der Waals surface area contributed by atoms with Crippen LogP contribution in [0.3, 0.4) is 0 Å². The van der Waals surface area contributed by atoms with Crippen LogP contribution in [0, 0.1) is 6.92 Å². The molecule has 0 heterocycles. The molecule has 0 spiro atoms. The Labute approximate surface area is 266 Å². The highest BCUT2D eigenvalue weighted by molar-refractivity contribution is 7.92. The maximum absolute atomic E-state index is 14.5. The first kappa shape index (κ1) is 33.3. The van der Waals surface area contributed by atoms with Gasteiger partial charge < -0.3 is 15.0 Å². The minimum Gasteiger partial charge on any atom is -0.497 e. The lowest BCUT2D eigenvalue weighted by molar-refractivity contribution is -0.140. The predicted octanol–water partition coefficient (Wildman–Crippen LogP) is 5.75. The Morgan fingerprint density at radius 1 is 0.844 bits per heavy atom. The normalized spacial score (nSPS) is 12.5. The summed E-state index contributed by atoms with van der Waals surface area (Å²) in [7, 11) is -2.64. The molecule has 0 aliphatic carbocycles. The molecule has 0 radical (unpaired) electrons. The average molecular weight is 628 g/mol. The molecule has 236 valence electrons. The highest BCUT2D eigenvalue weighted by atomic mass is 32.2. The third-order valence-electron chi connectivity index (χ3n) is 7.68. The van der Waals surface area contributed by atoms with Crippen molar-refractivity contribution in [1.29, 1.82) is 0 Å². The Hall–Kier alpha value is -4.63. The van der Waals surface area contributed by atoms with Crippen LogP contribution in [-0.2, 0) is 32.6 Å². The van der Waals surface area contributed by atoms with E-state index < -0.39 is 28.5 Å². The van der Waals surface area contributed by atoms with E-state index in [4.69, 9.17) is 4.74 Å². The van der Waals surface area contributed by atoms with Gasteiger partial charge in [-0.15, -0.1) is 0 Å². The molecule has 4 aromatic rings. The zero-order valence-electron chi connectivity index (χ0n) is 26.2. The van der Waals surface area contributed by atoms with Gasteiger partial charge in [0.2, 0.25) is 11.8 Å². The number of sulfonamides is 1. The summed E-state index contributed by atoms with van der Waals surface area (Å²) >= 11 is 0. The van der Waals surface area contributed by atoms with E-state index in [1.54, 1.807) is 42.5 Å². The second kappa shape index (κ2) is 15.4. The van der Waals surface area contributed by atoms with Gasteiger partial charge in [-0.1, -0.05) is 85.3 Å². The number of carbonyl (C=O) groups is 2. The van der Waals surface area contributed by atoms with E-state index in [1.807, 2.05) is 75.4 Å². The first-order chi connectivity index (χ1) is 21.6. The van der Waals surface area contributed by atoms with E-state index in [9.17, 15) is 18.0 Å². The number of aryl methyl sites for hydroxylation is 1. The van der Waals surface area contributed by atoms with Crippen molar-refractivity contribution >= 4 is 27.5 Å². The van der Waals surface area contributed by atoms with Crippen LogP contribution in [-0.4, -0.2) is 50.9 Å². The van der Waals surface area contributed by atoms with Crippen molar-refractivity contribution in [2.24, 2.45) is 0 Å². The van der Waals surface area contributed by atoms with E-state index in [0.717, 1.165) is 27.4 Å². The van der Waals surface area contributed by atoms with E-state index in [0.29, 0.717) is 11.4 Å². The molecule has 2 amide bonds. The molecular formula is C36H41N3O5S. The Kier molecular flexibility index (Phi) is 11.4. The van der Waals surface area contributed by atoms with Crippen LogP contribution in [0.4, 0.5) is 5.69 Å². The molecule has 9 heteroatoms. The van der Waals surface area contributed by atoms with Gasteiger partial charge in [0.05, 0.1) is 17.7 Å². The zero-order chi connectivity index (χ0) is 32.4. The van der Waals surface area contributed by atoms with Gasteiger partial charge in [-0.2, -0.15) is 0 Å². The zero-order valence-corrected chi connectivity index (χ0v) is 27.0. The summed E-state index contributed by atoms with van der Waals surface area (Å²) in [6.45, 7) is 5.46. The summed E-state index contributed by atoms with van der Waals surface area (Å²) in [4.78, 5) is 30.0. The standard InChI is InChI=1S/C36H41N3O5S/c1-5-28(3)37-36(41)34(24-29-14-8-6-9-15-29)38(25-30-16-12-13-27(2)23-30)35(40)26-39(31-19-21-32(44-4)22-20-31)45(42,43)33-17-10-7-11-18-33/h6-23,28,34H,5,24-26H2,1-4H3,(H,37,41)/t28-,34-/m0/s1. The highest BCUT2D eigenvalue weighted by Crippen LogP contribution is 2.27. The largest absolute Gasteiger partial charge is 0.497 e. The molecule has 45 heavy (non-hydrogen) atoms. The van der Waals surface area contributed by atoms with Gasteiger partial charge in [0.25, 0.3) is 10.0 Å². The van der Waals surface area contributed by atoms with E-state index in [-0.39, 0.29) is 29.8 Å². The van der Waals surface area contributed by atoms with Gasteiger partial charge >= 0.3 is 0 Å². The van der Waals surface area contributed by atoms with Crippen LogP contribution >= 0.6 is 0 Å². The van der Waals surface area contributed by atoms with Crippen molar-refractivity contribution in [2.75, 3.05) is 18.0 Å². The molecule has 4 rings (SSSR count). The first-order valence-corrected chi connectivity index (χ1v) is 16.5. The molecule has 4 aromatic carbocycles. The number of nitrogens with one attached hydrogen (secondary N) is 1. The topological polar surface area (TPSA) is 96.0 Å². The van der Waals surface area contributed by atoms with Crippen LogP contribution in [0.5, 0.6) is 5.75 Å². The van der Waals surface area contributed by atoms with Gasteiger partial charge in [-0.3, -0.25) is 13.9 Å². The molecule has 2 atom stereocenters. The van der Waals surface area contributed by atoms with Gasteiger partial charge in [0.1, 0.15) is 18.3 Å². The van der Waals surface area contributed by atoms with Gasteiger partial charge in [0, 0.05) is 19.0 Å². The maximum atomic E-state index is 14.5. The molecule has 0 aliphatic rings. The molecule has 0 unspecified atom stereocenters. The van der Waals surface area contributed by atoms with Crippen molar-refractivity contribution in [3.05, 3.63) is 126 Å². The minimum absolute atomic E-state index is 0.0502. The van der Waals surface area contributed by atoms with Crippen LogP contribution in [0.25, 0.3) is 0 Å². The molecular weight excluding hydrogens is 586 g/mol. The number of hydrogen-bond donors (Lipinski definition) is 1. The smallest absolute Gasteiger partial charge is 0.264 e. The fraction of sp³-hybridized carbons (Fsp3) is 0.278. The first-order valence-electron chi connectivity index (χ1n) is 15.0. The number of methoxy groups -OCH3 is 1. The quantitative estimate of drug-likeness (QED) is 0.192. The lowest BCUT2D eigenvalue weighted by Crippen LogP contribution is -2.54. The Morgan fingerprint density at radius 2 is 1.47 bits per heavy atom. The number of anilines is 1. The lowest BCUT2D eigenvalue weighted by atomic mass is 10.0. The second-order valence-corrected chi connectivity index (χ2v) is 12.9. The fourth-order valence-corrected chi connectivity index (χ4v) is 6.43. The van der Waals surface area contributed by atoms with Crippen molar-refractivity contribution < 1.29 is 22.7 Å². The maximum Gasteiger partial charge on any atom is 0.264 e. The van der Waals surface area contributed by atoms with Gasteiger partial charge in [0.15, 0.2) is 0 Å². The number of hydrogen-bond acceptors (Lipinski definition) is 5. The van der Waals surface area contributed by atoms with Crippen LogP contribution in [0.15, 0.2) is 114 Å². The van der Waals surface area contributed by atoms with E-state index in [1.165, 1.54) is 24.1 Å². The second-order valence-electron chi connectivity index (χ2n) is 11.1. The van der Waals surface area contributed by atoms with E-state index >= 15 is 0 Å². The molecule has 0 fully saturated rings. The third-order valence-corrected chi connectivity index (χ3v) is 9.47. The molecule has 0 aliphatic heterocycles. The van der Waals surface area contributed by atoms with Crippen LogP contribution in [0.1, 0.15) is 37.0 Å². The summed E-state index contributed by atoms with van der Waals surface area (Å²) < 4.78 is 34.5. The summed E-state index contributed by atoms with van der Waals surface area (Å²) in [5, 5.41) is 3.06. The monoisotopic (exact) mass is 627 g/mol. The molecule has 0 saturated heterocycles. The van der Waals surface area contributed by atoms with Crippen LogP contribution in [0.2, 0.25) is 0 Å². The number of ether oxygens (including phenoxy) is 1. The molecule has 0 aromatic heterocycles.